The van der Waals surface area contributed by atoms with Crippen molar-refractivity contribution in [1.82, 2.24) is 10.2 Å². The molecule has 242 valence electrons. The van der Waals surface area contributed by atoms with Gasteiger partial charge in [0.2, 0.25) is 11.8 Å². The van der Waals surface area contributed by atoms with E-state index in [1.54, 1.807) is 63.2 Å². The van der Waals surface area contributed by atoms with Crippen molar-refractivity contribution in [3.8, 4) is 5.75 Å². The second-order valence-electron chi connectivity index (χ2n) is 12.7. The second-order valence-corrected chi connectivity index (χ2v) is 13.6. The number of nitrogens with zero attached hydrogens (tertiary/aromatic N) is 1. The lowest BCUT2D eigenvalue weighted by atomic mass is 9.59. The van der Waals surface area contributed by atoms with Crippen molar-refractivity contribution in [2.45, 2.75) is 68.9 Å². The first kappa shape index (κ1) is 32.2. The van der Waals surface area contributed by atoms with Crippen LogP contribution in [0.2, 0.25) is 10.0 Å². The average Bonchev–Trinajstić information content (AvgIpc) is 3.26. The first-order valence-electron chi connectivity index (χ1n) is 14.9. The molecule has 3 heterocycles. The second kappa shape index (κ2) is 11.5. The summed E-state index contributed by atoms with van der Waals surface area (Å²) in [6, 6.07) is 12.9. The van der Waals surface area contributed by atoms with Crippen molar-refractivity contribution in [2.24, 2.45) is 0 Å². The Balaban J connectivity index is 1.50. The molecule has 0 aromatic heterocycles. The largest absolute Gasteiger partial charge is 0.478 e. The molecule has 1 spiro atoms. The molecule has 3 aromatic rings. The number of alkyl halides is 2. The van der Waals surface area contributed by atoms with Gasteiger partial charge in [-0.25, -0.2) is 13.2 Å². The molecule has 0 bridgehead atoms. The minimum Gasteiger partial charge on any atom is -0.478 e. The minimum absolute atomic E-state index is 0.119. The number of nitrogens with one attached hydrogen (secondary N) is 2. The van der Waals surface area contributed by atoms with Crippen LogP contribution in [0.3, 0.4) is 0 Å². The van der Waals surface area contributed by atoms with Crippen LogP contribution in [0.1, 0.15) is 67.3 Å². The Morgan fingerprint density at radius 1 is 0.978 bits per heavy atom. The molecule has 46 heavy (non-hydrogen) atoms. The van der Waals surface area contributed by atoms with Crippen LogP contribution in [-0.4, -0.2) is 47.2 Å². The van der Waals surface area contributed by atoms with Crippen LogP contribution in [0.5, 0.6) is 5.75 Å². The molecular formula is C34H32Cl2F3N3O4. The Morgan fingerprint density at radius 3 is 2.37 bits per heavy atom. The number of carbonyl (C=O) groups is 3. The van der Waals surface area contributed by atoms with Gasteiger partial charge in [0.05, 0.1) is 6.04 Å². The Morgan fingerprint density at radius 2 is 1.65 bits per heavy atom. The summed E-state index contributed by atoms with van der Waals surface area (Å²) >= 11 is 12.9. The number of hydrogen-bond donors (Lipinski definition) is 2. The van der Waals surface area contributed by atoms with E-state index in [2.05, 4.69) is 10.6 Å². The van der Waals surface area contributed by atoms with Crippen LogP contribution in [0, 0.1) is 12.7 Å². The number of aryl methyl sites for hydroxylation is 1. The van der Waals surface area contributed by atoms with E-state index in [0.29, 0.717) is 38.0 Å². The van der Waals surface area contributed by atoms with Crippen LogP contribution >= 0.6 is 23.2 Å². The van der Waals surface area contributed by atoms with Crippen LogP contribution < -0.4 is 15.4 Å². The first-order valence-corrected chi connectivity index (χ1v) is 15.7. The van der Waals surface area contributed by atoms with Crippen LogP contribution in [0.15, 0.2) is 54.6 Å². The maximum Gasteiger partial charge on any atom is 0.266 e. The highest BCUT2D eigenvalue weighted by molar-refractivity contribution is 6.31. The predicted molar refractivity (Wildman–Crippen MR) is 168 cm³/mol. The molecule has 0 radical (unpaired) electrons. The van der Waals surface area contributed by atoms with Gasteiger partial charge in [-0.1, -0.05) is 35.3 Å². The number of hydrogen-bond acceptors (Lipinski definition) is 4. The van der Waals surface area contributed by atoms with E-state index in [4.69, 9.17) is 27.9 Å². The van der Waals surface area contributed by atoms with Crippen LogP contribution in [-0.2, 0) is 19.8 Å². The smallest absolute Gasteiger partial charge is 0.266 e. The van der Waals surface area contributed by atoms with Crippen LogP contribution in [0.4, 0.5) is 18.9 Å². The van der Waals surface area contributed by atoms with Crippen molar-refractivity contribution >= 4 is 46.6 Å². The zero-order chi connectivity index (χ0) is 33.2. The zero-order valence-electron chi connectivity index (χ0n) is 25.4. The fraction of sp³-hybridized carbons (Fsp3) is 0.382. The van der Waals surface area contributed by atoms with E-state index in [-0.39, 0.29) is 25.3 Å². The number of amides is 3. The Labute approximate surface area is 274 Å². The molecule has 0 unspecified atom stereocenters. The SMILES string of the molecule is Cc1ccc(F)cc1[C@@H]1NC(=O)C[C@H](c2cc(Cl)ccc2OC(C)(C)C(=O)N2CCC(F)(F)CC2)[C@@]12C(=O)Nc1cc(Cl)ccc12. The van der Waals surface area contributed by atoms with Crippen LogP contribution in [0.25, 0.3) is 0 Å². The fourth-order valence-corrected chi connectivity index (χ4v) is 7.42. The van der Waals surface area contributed by atoms with Gasteiger partial charge in [-0.2, -0.15) is 0 Å². The summed E-state index contributed by atoms with van der Waals surface area (Å²) in [4.78, 5) is 42.9. The fourth-order valence-electron chi connectivity index (χ4n) is 7.06. The van der Waals surface area contributed by atoms with Gasteiger partial charge in [0.25, 0.3) is 11.8 Å². The van der Waals surface area contributed by atoms with Gasteiger partial charge in [-0.05, 0) is 79.9 Å². The number of benzene rings is 3. The van der Waals surface area contributed by atoms with E-state index in [1.807, 2.05) is 0 Å². The van der Waals surface area contributed by atoms with Gasteiger partial charge >= 0.3 is 0 Å². The minimum atomic E-state index is -2.83. The monoisotopic (exact) mass is 673 g/mol. The van der Waals surface area contributed by atoms with E-state index >= 15 is 0 Å². The average molecular weight is 675 g/mol. The third-order valence-corrected chi connectivity index (χ3v) is 9.78. The maximum atomic E-state index is 14.8. The molecule has 3 aliphatic heterocycles. The van der Waals surface area contributed by atoms with Crippen molar-refractivity contribution in [1.29, 1.82) is 0 Å². The van der Waals surface area contributed by atoms with Crippen molar-refractivity contribution in [3.05, 3.63) is 92.7 Å². The number of anilines is 1. The third kappa shape index (κ3) is 5.49. The third-order valence-electron chi connectivity index (χ3n) is 9.31. The molecular weight excluding hydrogens is 642 g/mol. The molecule has 0 saturated carbocycles. The highest BCUT2D eigenvalue weighted by atomic mass is 35.5. The van der Waals surface area contributed by atoms with Gasteiger partial charge in [0.15, 0.2) is 5.60 Å². The predicted octanol–water partition coefficient (Wildman–Crippen LogP) is 7.09. The molecule has 7 nitrogen and oxygen atoms in total. The summed E-state index contributed by atoms with van der Waals surface area (Å²) in [5, 5.41) is 6.58. The summed E-state index contributed by atoms with van der Waals surface area (Å²) in [5.41, 5.74) is -0.606. The highest BCUT2D eigenvalue weighted by Gasteiger charge is 2.62. The Kier molecular flexibility index (Phi) is 8.04. The number of carbonyl (C=O) groups excluding carboxylic acids is 3. The van der Waals surface area contributed by atoms with Crippen molar-refractivity contribution in [2.75, 3.05) is 18.4 Å². The summed E-state index contributed by atoms with van der Waals surface area (Å²) in [6.45, 7) is 4.62. The van der Waals surface area contributed by atoms with E-state index in [1.165, 1.54) is 17.0 Å². The quantitative estimate of drug-likeness (QED) is 0.303. The lowest BCUT2D eigenvalue weighted by Crippen LogP contribution is -2.57. The van der Waals surface area contributed by atoms with E-state index in [0.717, 1.165) is 0 Å². The molecule has 3 atom stereocenters. The number of halogens is 5. The topological polar surface area (TPSA) is 87.7 Å². The first-order chi connectivity index (χ1) is 21.6. The summed E-state index contributed by atoms with van der Waals surface area (Å²) in [7, 11) is 0. The van der Waals surface area contributed by atoms with Gasteiger partial charge in [-0.15, -0.1) is 0 Å². The molecule has 3 aliphatic rings. The molecule has 2 saturated heterocycles. The van der Waals surface area contributed by atoms with E-state index in [9.17, 15) is 27.6 Å². The molecule has 2 fully saturated rings. The maximum absolute atomic E-state index is 14.8. The van der Waals surface area contributed by atoms with Crippen molar-refractivity contribution in [3.63, 3.8) is 0 Å². The number of likely N-dealkylation sites (tertiary alicyclic amines) is 1. The number of rotatable bonds is 5. The number of piperidine rings is 2. The molecule has 0 aliphatic carbocycles. The van der Waals surface area contributed by atoms with Gasteiger partial charge in [-0.3, -0.25) is 14.4 Å². The molecule has 6 rings (SSSR count). The molecule has 2 N–H and O–H groups in total. The Hall–Kier alpha value is -3.76. The van der Waals surface area contributed by atoms with Gasteiger partial charge < -0.3 is 20.3 Å². The standard InChI is InChI=1S/C34H32Cl2F3N3O4/c1-18-4-7-21(37)16-22(18)29-34(24-8-5-20(36)15-26(24)40-30(34)44)25(17-28(43)41-29)23-14-19(35)6-9-27(23)46-32(2,3)31(45)42-12-10-33(38,39)11-13-42/h4-9,14-16,25,29H,10-13,17H2,1-3H3,(H,40,44)(H,41,43)/t25-,29+,34-/m1/s1. The zero-order valence-corrected chi connectivity index (χ0v) is 26.9. The Bertz CT molecular complexity index is 1760. The van der Waals surface area contributed by atoms with Crippen molar-refractivity contribution < 1.29 is 32.3 Å². The molecule has 3 amide bonds. The summed E-state index contributed by atoms with van der Waals surface area (Å²) in [6.07, 6.45) is -1.06. The highest BCUT2D eigenvalue weighted by Crippen LogP contribution is 2.59. The van der Waals surface area contributed by atoms with Gasteiger partial charge in [0.1, 0.15) is 17.0 Å². The molecule has 3 aromatic carbocycles. The summed E-state index contributed by atoms with van der Waals surface area (Å²) in [5.74, 6) is -5.41. The molecule has 12 heteroatoms. The van der Waals surface area contributed by atoms with Gasteiger partial charge in [0, 0.05) is 59.6 Å². The summed E-state index contributed by atoms with van der Waals surface area (Å²) < 4.78 is 48.8. The van der Waals surface area contributed by atoms with E-state index < -0.39 is 65.3 Å². The number of fused-ring (bicyclic) bond motifs is 2. The lowest BCUT2D eigenvalue weighted by molar-refractivity contribution is -0.151. The normalized spacial score (nSPS) is 24.0. The lowest BCUT2D eigenvalue weighted by Gasteiger charge is -2.47. The number of ether oxygens (including phenoxy) is 1.